The first-order chi connectivity index (χ1) is 7.24. The molecule has 15 heavy (non-hydrogen) atoms. The average Bonchev–Trinajstić information content (AvgIpc) is 2.91. The first kappa shape index (κ1) is 11.6. The molecule has 1 N–H and O–H groups in total. The third-order valence-electron chi connectivity index (χ3n) is 2.83. The molecule has 84 valence electrons. The summed E-state index contributed by atoms with van der Waals surface area (Å²) in [5.74, 6) is 0.793. The zero-order chi connectivity index (χ0) is 10.7. The van der Waals surface area contributed by atoms with Crippen molar-refractivity contribution in [2.24, 2.45) is 5.92 Å². The van der Waals surface area contributed by atoms with E-state index in [1.54, 1.807) is 0 Å². The van der Waals surface area contributed by atoms with Gasteiger partial charge in [0, 0.05) is 10.9 Å². The second kappa shape index (κ2) is 5.46. The molecule has 0 bridgehead atoms. The molecule has 1 nitrogen and oxygen atoms in total. The Balaban J connectivity index is 1.64. The van der Waals surface area contributed by atoms with Crippen LogP contribution in [-0.2, 0) is 6.42 Å². The van der Waals surface area contributed by atoms with Crippen molar-refractivity contribution in [3.05, 3.63) is 20.8 Å². The fourth-order valence-electron chi connectivity index (χ4n) is 1.73. The van der Waals surface area contributed by atoms with Crippen LogP contribution >= 0.6 is 27.3 Å². The SMILES string of the molecule is CC(CCNC1CC1)Cc1ccc(Br)s1. The van der Waals surface area contributed by atoms with Gasteiger partial charge in [-0.2, -0.15) is 0 Å². The lowest BCUT2D eigenvalue weighted by atomic mass is 10.0. The van der Waals surface area contributed by atoms with Crippen molar-refractivity contribution in [2.45, 2.75) is 38.6 Å². The Labute approximate surface area is 104 Å². The molecule has 0 amide bonds. The van der Waals surface area contributed by atoms with Gasteiger partial charge in [0.1, 0.15) is 0 Å². The highest BCUT2D eigenvalue weighted by Crippen LogP contribution is 2.25. The van der Waals surface area contributed by atoms with E-state index >= 15 is 0 Å². The first-order valence-electron chi connectivity index (χ1n) is 5.71. The largest absolute Gasteiger partial charge is 0.314 e. The zero-order valence-corrected chi connectivity index (χ0v) is 11.5. The fraction of sp³-hybridized carbons (Fsp3) is 0.667. The van der Waals surface area contributed by atoms with Crippen LogP contribution in [0.3, 0.4) is 0 Å². The van der Waals surface area contributed by atoms with Crippen LogP contribution in [0.4, 0.5) is 0 Å². The summed E-state index contributed by atoms with van der Waals surface area (Å²) in [4.78, 5) is 1.50. The molecule has 1 aromatic heterocycles. The first-order valence-corrected chi connectivity index (χ1v) is 7.32. The van der Waals surface area contributed by atoms with Crippen LogP contribution in [0.2, 0.25) is 0 Å². The predicted octanol–water partition coefficient (Wildman–Crippen LogP) is 3.83. The monoisotopic (exact) mass is 287 g/mol. The standard InChI is InChI=1S/C12H18BrNS/c1-9(6-7-14-10-2-3-10)8-11-4-5-12(13)15-11/h4-5,9-10,14H,2-3,6-8H2,1H3. The van der Waals surface area contributed by atoms with E-state index in [4.69, 9.17) is 0 Å². The zero-order valence-electron chi connectivity index (χ0n) is 9.13. The van der Waals surface area contributed by atoms with Gasteiger partial charge in [0.05, 0.1) is 3.79 Å². The lowest BCUT2D eigenvalue weighted by molar-refractivity contribution is 0.500. The van der Waals surface area contributed by atoms with E-state index in [9.17, 15) is 0 Å². The lowest BCUT2D eigenvalue weighted by Gasteiger charge is -2.10. The van der Waals surface area contributed by atoms with E-state index in [2.05, 4.69) is 40.3 Å². The normalized spacial score (nSPS) is 18.0. The minimum atomic E-state index is 0.793. The number of rotatable bonds is 6. The third kappa shape index (κ3) is 4.25. The van der Waals surface area contributed by atoms with E-state index in [0.717, 1.165) is 12.0 Å². The third-order valence-corrected chi connectivity index (χ3v) is 4.47. The molecule has 0 radical (unpaired) electrons. The molecule has 2 rings (SSSR count). The summed E-state index contributed by atoms with van der Waals surface area (Å²) in [6, 6.07) is 5.24. The molecule has 1 heterocycles. The number of thiophene rings is 1. The van der Waals surface area contributed by atoms with Crippen molar-refractivity contribution in [3.63, 3.8) is 0 Å². The van der Waals surface area contributed by atoms with Crippen molar-refractivity contribution >= 4 is 27.3 Å². The Morgan fingerprint density at radius 3 is 2.93 bits per heavy atom. The summed E-state index contributed by atoms with van der Waals surface area (Å²) in [5.41, 5.74) is 0. The summed E-state index contributed by atoms with van der Waals surface area (Å²) in [7, 11) is 0. The van der Waals surface area contributed by atoms with Crippen molar-refractivity contribution in [1.29, 1.82) is 0 Å². The average molecular weight is 288 g/mol. The summed E-state index contributed by atoms with van der Waals surface area (Å²) in [6.45, 7) is 3.54. The summed E-state index contributed by atoms with van der Waals surface area (Å²) >= 11 is 5.37. The van der Waals surface area contributed by atoms with E-state index in [1.807, 2.05) is 11.3 Å². The van der Waals surface area contributed by atoms with Gasteiger partial charge in [-0.1, -0.05) is 6.92 Å². The Morgan fingerprint density at radius 1 is 1.53 bits per heavy atom. The molecule has 0 spiro atoms. The molecule has 1 saturated carbocycles. The van der Waals surface area contributed by atoms with Gasteiger partial charge in [-0.25, -0.2) is 0 Å². The molecular formula is C12H18BrNS. The molecule has 1 aromatic rings. The molecule has 1 fully saturated rings. The molecular weight excluding hydrogens is 270 g/mol. The van der Waals surface area contributed by atoms with Crippen LogP contribution in [0.25, 0.3) is 0 Å². The summed E-state index contributed by atoms with van der Waals surface area (Å²) < 4.78 is 1.25. The second-order valence-electron chi connectivity index (χ2n) is 4.53. The van der Waals surface area contributed by atoms with Gasteiger partial charge in [0.25, 0.3) is 0 Å². The molecule has 1 unspecified atom stereocenters. The maximum atomic E-state index is 3.57. The summed E-state index contributed by atoms with van der Waals surface area (Å²) in [6.07, 6.45) is 5.31. The number of hydrogen-bond donors (Lipinski definition) is 1. The van der Waals surface area contributed by atoms with Crippen molar-refractivity contribution in [3.8, 4) is 0 Å². The van der Waals surface area contributed by atoms with Crippen molar-refractivity contribution in [1.82, 2.24) is 5.32 Å². The number of halogens is 1. The summed E-state index contributed by atoms with van der Waals surface area (Å²) in [5, 5.41) is 3.57. The minimum Gasteiger partial charge on any atom is -0.314 e. The second-order valence-corrected chi connectivity index (χ2v) is 7.08. The van der Waals surface area contributed by atoms with Crippen LogP contribution < -0.4 is 5.32 Å². The van der Waals surface area contributed by atoms with Crippen LogP contribution in [0.15, 0.2) is 15.9 Å². The van der Waals surface area contributed by atoms with Gasteiger partial charge < -0.3 is 5.32 Å². The van der Waals surface area contributed by atoms with Gasteiger partial charge in [0.2, 0.25) is 0 Å². The van der Waals surface area contributed by atoms with Gasteiger partial charge >= 0.3 is 0 Å². The number of nitrogens with one attached hydrogen (secondary N) is 1. The Hall–Kier alpha value is 0.140. The topological polar surface area (TPSA) is 12.0 Å². The Kier molecular flexibility index (Phi) is 4.23. The Morgan fingerprint density at radius 2 is 2.33 bits per heavy atom. The van der Waals surface area contributed by atoms with Crippen LogP contribution in [0.5, 0.6) is 0 Å². The smallest absolute Gasteiger partial charge is 0.0701 e. The van der Waals surface area contributed by atoms with Gasteiger partial charge in [-0.3, -0.25) is 0 Å². The molecule has 0 aliphatic heterocycles. The molecule has 0 saturated heterocycles. The highest BCUT2D eigenvalue weighted by molar-refractivity contribution is 9.11. The Bertz CT molecular complexity index is 306. The molecule has 1 aliphatic rings. The number of hydrogen-bond acceptors (Lipinski definition) is 2. The van der Waals surface area contributed by atoms with E-state index in [1.165, 1.54) is 40.9 Å². The van der Waals surface area contributed by atoms with Gasteiger partial charge in [-0.05, 0) is 66.2 Å². The van der Waals surface area contributed by atoms with Crippen molar-refractivity contribution < 1.29 is 0 Å². The molecule has 0 aromatic carbocycles. The maximum absolute atomic E-state index is 3.57. The van der Waals surface area contributed by atoms with Crippen LogP contribution in [0, 0.1) is 5.92 Å². The quantitative estimate of drug-likeness (QED) is 0.839. The molecule has 1 atom stereocenters. The van der Waals surface area contributed by atoms with Gasteiger partial charge in [-0.15, -0.1) is 11.3 Å². The van der Waals surface area contributed by atoms with Crippen LogP contribution in [0.1, 0.15) is 31.1 Å². The highest BCUT2D eigenvalue weighted by atomic mass is 79.9. The van der Waals surface area contributed by atoms with Crippen LogP contribution in [-0.4, -0.2) is 12.6 Å². The maximum Gasteiger partial charge on any atom is 0.0701 e. The lowest BCUT2D eigenvalue weighted by Crippen LogP contribution is -2.19. The van der Waals surface area contributed by atoms with E-state index in [-0.39, 0.29) is 0 Å². The highest BCUT2D eigenvalue weighted by Gasteiger charge is 2.19. The van der Waals surface area contributed by atoms with Crippen molar-refractivity contribution in [2.75, 3.05) is 6.54 Å². The predicted molar refractivity (Wildman–Crippen MR) is 70.5 cm³/mol. The van der Waals surface area contributed by atoms with E-state index < -0.39 is 0 Å². The van der Waals surface area contributed by atoms with Gasteiger partial charge in [0.15, 0.2) is 0 Å². The molecule has 1 aliphatic carbocycles. The molecule has 3 heteroatoms. The fourth-order valence-corrected chi connectivity index (χ4v) is 3.37. The minimum absolute atomic E-state index is 0.793. The van der Waals surface area contributed by atoms with E-state index in [0.29, 0.717) is 0 Å².